The van der Waals surface area contributed by atoms with Crippen LogP contribution in [0.1, 0.15) is 25.0 Å². The minimum absolute atomic E-state index is 0.0651. The lowest BCUT2D eigenvalue weighted by Crippen LogP contribution is -2.39. The van der Waals surface area contributed by atoms with E-state index in [1.807, 2.05) is 56.3 Å². The van der Waals surface area contributed by atoms with E-state index < -0.39 is 5.41 Å². The summed E-state index contributed by atoms with van der Waals surface area (Å²) in [5.74, 6) is 1.18. The standard InChI is InChI=1S/C19H22ClNO3/c1-19(2,14-7-10-16(23-3)17(11-14)24-4)18(22)21-12-13-5-8-15(20)9-6-13/h5-11H,12H2,1-4H3,(H,21,22). The van der Waals surface area contributed by atoms with Crippen molar-refractivity contribution in [2.75, 3.05) is 14.2 Å². The van der Waals surface area contributed by atoms with E-state index >= 15 is 0 Å². The smallest absolute Gasteiger partial charge is 0.230 e. The molecule has 0 heterocycles. The van der Waals surface area contributed by atoms with Gasteiger partial charge < -0.3 is 14.8 Å². The summed E-state index contributed by atoms with van der Waals surface area (Å²) in [7, 11) is 3.16. The summed E-state index contributed by atoms with van der Waals surface area (Å²) in [6.07, 6.45) is 0. The van der Waals surface area contributed by atoms with E-state index in [2.05, 4.69) is 5.32 Å². The Hall–Kier alpha value is -2.20. The molecule has 2 rings (SSSR count). The number of carbonyl (C=O) groups excluding carboxylic acids is 1. The molecule has 0 spiro atoms. The molecular weight excluding hydrogens is 326 g/mol. The molecule has 0 radical (unpaired) electrons. The van der Waals surface area contributed by atoms with Gasteiger partial charge in [-0.2, -0.15) is 0 Å². The molecule has 0 aromatic heterocycles. The molecule has 0 unspecified atom stereocenters. The van der Waals surface area contributed by atoms with Crippen LogP contribution >= 0.6 is 11.6 Å². The highest BCUT2D eigenvalue weighted by molar-refractivity contribution is 6.30. The van der Waals surface area contributed by atoms with Crippen LogP contribution in [-0.2, 0) is 16.8 Å². The van der Waals surface area contributed by atoms with Gasteiger partial charge in [-0.25, -0.2) is 0 Å². The number of hydrogen-bond acceptors (Lipinski definition) is 3. The first-order valence-electron chi connectivity index (χ1n) is 7.63. The summed E-state index contributed by atoms with van der Waals surface area (Å²) >= 11 is 5.87. The van der Waals surface area contributed by atoms with Crippen LogP contribution in [-0.4, -0.2) is 20.1 Å². The number of halogens is 1. The summed E-state index contributed by atoms with van der Waals surface area (Å²) in [5, 5.41) is 3.65. The molecule has 2 aromatic carbocycles. The van der Waals surface area contributed by atoms with Crippen molar-refractivity contribution in [1.82, 2.24) is 5.32 Å². The second kappa shape index (κ2) is 7.58. The summed E-state index contributed by atoms with van der Waals surface area (Å²) in [6.45, 7) is 4.21. The quantitative estimate of drug-likeness (QED) is 0.860. The SMILES string of the molecule is COc1ccc(C(C)(C)C(=O)NCc2ccc(Cl)cc2)cc1OC. The fourth-order valence-electron chi connectivity index (χ4n) is 2.36. The first-order valence-corrected chi connectivity index (χ1v) is 8.01. The molecule has 1 N–H and O–H groups in total. The zero-order valence-corrected chi connectivity index (χ0v) is 15.1. The van der Waals surface area contributed by atoms with Crippen molar-refractivity contribution in [1.29, 1.82) is 0 Å². The van der Waals surface area contributed by atoms with Crippen molar-refractivity contribution in [3.05, 3.63) is 58.6 Å². The lowest BCUT2D eigenvalue weighted by atomic mass is 9.83. The molecule has 5 heteroatoms. The third-order valence-electron chi connectivity index (χ3n) is 4.04. The Bertz CT molecular complexity index is 711. The number of nitrogens with one attached hydrogen (secondary N) is 1. The fourth-order valence-corrected chi connectivity index (χ4v) is 2.49. The number of amides is 1. The van der Waals surface area contributed by atoms with Crippen LogP contribution in [0, 0.1) is 0 Å². The molecule has 0 aliphatic heterocycles. The van der Waals surface area contributed by atoms with E-state index in [-0.39, 0.29) is 5.91 Å². The van der Waals surface area contributed by atoms with E-state index in [4.69, 9.17) is 21.1 Å². The highest BCUT2D eigenvalue weighted by Crippen LogP contribution is 2.33. The minimum atomic E-state index is -0.702. The number of carbonyl (C=O) groups is 1. The number of benzene rings is 2. The molecule has 0 atom stereocenters. The predicted octanol–water partition coefficient (Wildman–Crippen LogP) is 3.95. The van der Waals surface area contributed by atoms with Crippen LogP contribution in [0.5, 0.6) is 11.5 Å². The van der Waals surface area contributed by atoms with Gasteiger partial charge in [-0.05, 0) is 49.2 Å². The van der Waals surface area contributed by atoms with E-state index in [1.54, 1.807) is 14.2 Å². The largest absolute Gasteiger partial charge is 0.493 e. The van der Waals surface area contributed by atoms with Crippen LogP contribution in [0.25, 0.3) is 0 Å². The van der Waals surface area contributed by atoms with Crippen LogP contribution in [0.2, 0.25) is 5.02 Å². The average molecular weight is 348 g/mol. The lowest BCUT2D eigenvalue weighted by molar-refractivity contribution is -0.125. The Kier molecular flexibility index (Phi) is 5.73. The first-order chi connectivity index (χ1) is 11.4. The fraction of sp³-hybridized carbons (Fsp3) is 0.316. The number of ether oxygens (including phenoxy) is 2. The van der Waals surface area contributed by atoms with E-state index in [1.165, 1.54) is 0 Å². The summed E-state index contributed by atoms with van der Waals surface area (Å²) in [6, 6.07) is 12.9. The topological polar surface area (TPSA) is 47.6 Å². The molecule has 24 heavy (non-hydrogen) atoms. The summed E-state index contributed by atoms with van der Waals surface area (Å²) in [5.41, 5.74) is 1.15. The number of rotatable bonds is 6. The summed E-state index contributed by atoms with van der Waals surface area (Å²) < 4.78 is 10.6. The highest BCUT2D eigenvalue weighted by Gasteiger charge is 2.30. The van der Waals surface area contributed by atoms with Crippen LogP contribution in [0.15, 0.2) is 42.5 Å². The van der Waals surface area contributed by atoms with Crippen molar-refractivity contribution >= 4 is 17.5 Å². The van der Waals surface area contributed by atoms with Gasteiger partial charge >= 0.3 is 0 Å². The van der Waals surface area contributed by atoms with Crippen LogP contribution in [0.4, 0.5) is 0 Å². The molecule has 0 aliphatic rings. The third-order valence-corrected chi connectivity index (χ3v) is 4.29. The molecule has 0 saturated carbocycles. The second-order valence-electron chi connectivity index (χ2n) is 6.00. The Morgan fingerprint density at radius 2 is 1.67 bits per heavy atom. The van der Waals surface area contributed by atoms with Crippen molar-refractivity contribution in [3.8, 4) is 11.5 Å². The molecule has 128 valence electrons. The molecule has 1 amide bonds. The Morgan fingerprint density at radius 1 is 1.04 bits per heavy atom. The first kappa shape index (κ1) is 18.1. The monoisotopic (exact) mass is 347 g/mol. The van der Waals surface area contributed by atoms with Gasteiger partial charge in [-0.3, -0.25) is 4.79 Å². The van der Waals surface area contributed by atoms with Crippen molar-refractivity contribution < 1.29 is 14.3 Å². The third kappa shape index (κ3) is 4.01. The zero-order valence-electron chi connectivity index (χ0n) is 14.4. The molecule has 2 aromatic rings. The second-order valence-corrected chi connectivity index (χ2v) is 6.44. The average Bonchev–Trinajstić information content (AvgIpc) is 2.60. The molecule has 0 aliphatic carbocycles. The maximum atomic E-state index is 12.7. The van der Waals surface area contributed by atoms with Crippen molar-refractivity contribution in [2.24, 2.45) is 0 Å². The molecule has 0 fully saturated rings. The van der Waals surface area contributed by atoms with Gasteiger partial charge in [0.2, 0.25) is 5.91 Å². The summed E-state index contributed by atoms with van der Waals surface area (Å²) in [4.78, 5) is 12.7. The van der Waals surface area contributed by atoms with Crippen molar-refractivity contribution in [3.63, 3.8) is 0 Å². The van der Waals surface area contributed by atoms with Gasteiger partial charge in [0.25, 0.3) is 0 Å². The predicted molar refractivity (Wildman–Crippen MR) is 95.9 cm³/mol. The maximum absolute atomic E-state index is 12.7. The maximum Gasteiger partial charge on any atom is 0.230 e. The number of methoxy groups -OCH3 is 2. The van der Waals surface area contributed by atoms with Gasteiger partial charge in [0.05, 0.1) is 19.6 Å². The number of hydrogen-bond donors (Lipinski definition) is 1. The Labute approximate surface area is 147 Å². The molecule has 0 saturated heterocycles. The van der Waals surface area contributed by atoms with Crippen LogP contribution in [0.3, 0.4) is 0 Å². The Balaban J connectivity index is 2.13. The van der Waals surface area contributed by atoms with Crippen molar-refractivity contribution in [2.45, 2.75) is 25.8 Å². The van der Waals surface area contributed by atoms with E-state index in [0.717, 1.165) is 11.1 Å². The zero-order chi connectivity index (χ0) is 17.7. The Morgan fingerprint density at radius 3 is 2.25 bits per heavy atom. The molecular formula is C19H22ClNO3. The normalized spacial score (nSPS) is 11.0. The van der Waals surface area contributed by atoms with Gasteiger partial charge in [0.15, 0.2) is 11.5 Å². The van der Waals surface area contributed by atoms with Gasteiger partial charge in [0.1, 0.15) is 0 Å². The van der Waals surface area contributed by atoms with Gasteiger partial charge in [0, 0.05) is 11.6 Å². The van der Waals surface area contributed by atoms with E-state index in [9.17, 15) is 4.79 Å². The molecule has 4 nitrogen and oxygen atoms in total. The van der Waals surface area contributed by atoms with E-state index in [0.29, 0.717) is 23.1 Å². The molecule has 0 bridgehead atoms. The van der Waals surface area contributed by atoms with Gasteiger partial charge in [-0.15, -0.1) is 0 Å². The lowest BCUT2D eigenvalue weighted by Gasteiger charge is -2.25. The van der Waals surface area contributed by atoms with Gasteiger partial charge in [-0.1, -0.05) is 29.8 Å². The van der Waals surface area contributed by atoms with Crippen LogP contribution < -0.4 is 14.8 Å². The highest BCUT2D eigenvalue weighted by atomic mass is 35.5. The minimum Gasteiger partial charge on any atom is -0.493 e.